The topological polar surface area (TPSA) is 68.9 Å². The van der Waals surface area contributed by atoms with Crippen LogP contribution in [0.2, 0.25) is 0 Å². The first-order chi connectivity index (χ1) is 11.0. The minimum atomic E-state index is -0.422. The highest BCUT2D eigenvalue weighted by Crippen LogP contribution is 2.28. The fraction of sp³-hybridized carbons (Fsp3) is 0.167. The molecular formula is C18H17N3OS. The molecule has 0 radical (unpaired) electrons. The minimum absolute atomic E-state index is 0.422. The molecule has 1 aromatic carbocycles. The van der Waals surface area contributed by atoms with E-state index < -0.39 is 5.91 Å². The van der Waals surface area contributed by atoms with Crippen molar-refractivity contribution >= 4 is 17.2 Å². The molecule has 0 atom stereocenters. The number of aromatic nitrogens is 2. The van der Waals surface area contributed by atoms with Crippen LogP contribution in [0.25, 0.3) is 11.1 Å². The SMILES string of the molecule is Cc1cc(-c2cc(C(N)=O)ccc2Cc2nccs2)cc(C)n1. The van der Waals surface area contributed by atoms with Gasteiger partial charge >= 0.3 is 0 Å². The Balaban J connectivity index is 2.14. The van der Waals surface area contributed by atoms with Crippen LogP contribution in [-0.2, 0) is 6.42 Å². The van der Waals surface area contributed by atoms with Crippen molar-refractivity contribution in [2.24, 2.45) is 5.73 Å². The van der Waals surface area contributed by atoms with Crippen molar-refractivity contribution in [2.75, 3.05) is 0 Å². The molecule has 0 aliphatic rings. The van der Waals surface area contributed by atoms with E-state index in [0.29, 0.717) is 5.56 Å². The van der Waals surface area contributed by atoms with Gasteiger partial charge < -0.3 is 5.73 Å². The Labute approximate surface area is 139 Å². The molecule has 0 saturated heterocycles. The summed E-state index contributed by atoms with van der Waals surface area (Å²) < 4.78 is 0. The van der Waals surface area contributed by atoms with Crippen LogP contribution in [0, 0.1) is 13.8 Å². The second kappa shape index (κ2) is 6.30. The summed E-state index contributed by atoms with van der Waals surface area (Å²) in [5, 5.41) is 3.01. The van der Waals surface area contributed by atoms with Gasteiger partial charge in [0.15, 0.2) is 0 Å². The molecule has 0 unspecified atom stereocenters. The summed E-state index contributed by atoms with van der Waals surface area (Å²) in [5.74, 6) is -0.422. The number of amides is 1. The first-order valence-corrected chi connectivity index (χ1v) is 8.17. The number of carbonyl (C=O) groups excluding carboxylic acids is 1. The number of primary amides is 1. The number of hydrogen-bond acceptors (Lipinski definition) is 4. The molecule has 3 aromatic rings. The fourth-order valence-electron chi connectivity index (χ4n) is 2.65. The van der Waals surface area contributed by atoms with Crippen LogP contribution in [0.5, 0.6) is 0 Å². The molecule has 1 amide bonds. The van der Waals surface area contributed by atoms with Crippen molar-refractivity contribution in [3.8, 4) is 11.1 Å². The maximum absolute atomic E-state index is 11.5. The Morgan fingerprint density at radius 3 is 2.52 bits per heavy atom. The van der Waals surface area contributed by atoms with Crippen LogP contribution in [0.1, 0.15) is 32.3 Å². The molecule has 0 spiro atoms. The molecule has 5 heteroatoms. The normalized spacial score (nSPS) is 10.7. The summed E-state index contributed by atoms with van der Waals surface area (Å²) in [5.41, 5.74) is 11.0. The third-order valence-corrected chi connectivity index (χ3v) is 4.39. The van der Waals surface area contributed by atoms with Crippen LogP contribution in [0.15, 0.2) is 41.9 Å². The zero-order valence-electron chi connectivity index (χ0n) is 13.0. The van der Waals surface area contributed by atoms with Crippen molar-refractivity contribution in [1.29, 1.82) is 0 Å². The van der Waals surface area contributed by atoms with Crippen molar-refractivity contribution in [1.82, 2.24) is 9.97 Å². The summed E-state index contributed by atoms with van der Waals surface area (Å²) in [6.45, 7) is 3.93. The molecular weight excluding hydrogens is 306 g/mol. The average Bonchev–Trinajstić information content (AvgIpc) is 2.99. The molecule has 0 aliphatic heterocycles. The largest absolute Gasteiger partial charge is 0.366 e. The summed E-state index contributed by atoms with van der Waals surface area (Å²) in [6.07, 6.45) is 2.53. The number of nitrogens with zero attached hydrogens (tertiary/aromatic N) is 2. The Morgan fingerprint density at radius 2 is 1.91 bits per heavy atom. The molecule has 3 rings (SSSR count). The third-order valence-electron chi connectivity index (χ3n) is 3.61. The van der Waals surface area contributed by atoms with Crippen molar-refractivity contribution in [3.05, 3.63) is 69.4 Å². The Bertz CT molecular complexity index is 836. The van der Waals surface area contributed by atoms with E-state index in [4.69, 9.17) is 5.73 Å². The van der Waals surface area contributed by atoms with Crippen LogP contribution in [-0.4, -0.2) is 15.9 Å². The van der Waals surface area contributed by atoms with Crippen molar-refractivity contribution in [3.63, 3.8) is 0 Å². The third kappa shape index (κ3) is 3.46. The van der Waals surface area contributed by atoms with E-state index in [1.165, 1.54) is 0 Å². The molecule has 0 fully saturated rings. The highest BCUT2D eigenvalue weighted by Gasteiger charge is 2.12. The van der Waals surface area contributed by atoms with E-state index in [9.17, 15) is 4.79 Å². The maximum Gasteiger partial charge on any atom is 0.248 e. The van der Waals surface area contributed by atoms with Crippen molar-refractivity contribution < 1.29 is 4.79 Å². The highest BCUT2D eigenvalue weighted by atomic mass is 32.1. The Kier molecular flexibility index (Phi) is 4.21. The van der Waals surface area contributed by atoms with Crippen LogP contribution < -0.4 is 5.73 Å². The number of carbonyl (C=O) groups is 1. The van der Waals surface area contributed by atoms with Gasteiger partial charge in [0.25, 0.3) is 0 Å². The second-order valence-corrected chi connectivity index (χ2v) is 6.46. The number of pyridine rings is 1. The number of thiazole rings is 1. The van der Waals surface area contributed by atoms with Gasteiger partial charge in [-0.2, -0.15) is 0 Å². The number of aryl methyl sites for hydroxylation is 2. The molecule has 116 valence electrons. The lowest BCUT2D eigenvalue weighted by Gasteiger charge is -2.12. The number of hydrogen-bond donors (Lipinski definition) is 1. The van der Waals surface area contributed by atoms with Gasteiger partial charge in [0.1, 0.15) is 0 Å². The van der Waals surface area contributed by atoms with Gasteiger partial charge in [0, 0.05) is 34.9 Å². The maximum atomic E-state index is 11.5. The lowest BCUT2D eigenvalue weighted by atomic mass is 9.95. The van der Waals surface area contributed by atoms with Gasteiger partial charge in [-0.3, -0.25) is 9.78 Å². The lowest BCUT2D eigenvalue weighted by molar-refractivity contribution is 0.100. The second-order valence-electron chi connectivity index (χ2n) is 5.48. The smallest absolute Gasteiger partial charge is 0.248 e. The Morgan fingerprint density at radius 1 is 1.17 bits per heavy atom. The molecule has 0 aliphatic carbocycles. The van der Waals surface area contributed by atoms with Crippen LogP contribution in [0.4, 0.5) is 0 Å². The van der Waals surface area contributed by atoms with E-state index in [-0.39, 0.29) is 0 Å². The molecule has 4 nitrogen and oxygen atoms in total. The molecule has 2 aromatic heterocycles. The molecule has 2 N–H and O–H groups in total. The number of rotatable bonds is 4. The average molecular weight is 323 g/mol. The van der Waals surface area contributed by atoms with E-state index in [1.807, 2.05) is 43.5 Å². The van der Waals surface area contributed by atoms with E-state index in [1.54, 1.807) is 23.6 Å². The first kappa shape index (κ1) is 15.4. The molecule has 0 saturated carbocycles. The van der Waals surface area contributed by atoms with Crippen molar-refractivity contribution in [2.45, 2.75) is 20.3 Å². The number of nitrogens with two attached hydrogens (primary N) is 1. The molecule has 23 heavy (non-hydrogen) atoms. The minimum Gasteiger partial charge on any atom is -0.366 e. The van der Waals surface area contributed by atoms with Gasteiger partial charge in [0.05, 0.1) is 5.01 Å². The van der Waals surface area contributed by atoms with Gasteiger partial charge in [-0.05, 0) is 54.8 Å². The predicted octanol–water partition coefficient (Wildman–Crippen LogP) is 3.51. The zero-order valence-corrected chi connectivity index (χ0v) is 13.9. The van der Waals surface area contributed by atoms with Gasteiger partial charge in [-0.25, -0.2) is 4.98 Å². The van der Waals surface area contributed by atoms with E-state index in [0.717, 1.165) is 39.5 Å². The van der Waals surface area contributed by atoms with Gasteiger partial charge in [-0.1, -0.05) is 6.07 Å². The Hall–Kier alpha value is -2.53. The number of benzene rings is 1. The zero-order chi connectivity index (χ0) is 16.4. The molecule has 0 bridgehead atoms. The van der Waals surface area contributed by atoms with Crippen LogP contribution >= 0.6 is 11.3 Å². The predicted molar refractivity (Wildman–Crippen MR) is 92.6 cm³/mol. The van der Waals surface area contributed by atoms with E-state index in [2.05, 4.69) is 9.97 Å². The standard InChI is InChI=1S/C18H17N3OS/c1-11-7-15(8-12(2)21-11)16-9-14(18(19)22)4-3-13(16)10-17-20-5-6-23-17/h3-9H,10H2,1-2H3,(H2,19,22). The van der Waals surface area contributed by atoms with Crippen LogP contribution in [0.3, 0.4) is 0 Å². The molecule has 2 heterocycles. The quantitative estimate of drug-likeness (QED) is 0.799. The monoisotopic (exact) mass is 323 g/mol. The summed E-state index contributed by atoms with van der Waals surface area (Å²) in [4.78, 5) is 20.3. The van der Waals surface area contributed by atoms with Gasteiger partial charge in [0.2, 0.25) is 5.91 Å². The van der Waals surface area contributed by atoms with E-state index >= 15 is 0 Å². The lowest BCUT2D eigenvalue weighted by Crippen LogP contribution is -2.11. The van der Waals surface area contributed by atoms with Gasteiger partial charge in [-0.15, -0.1) is 11.3 Å². The summed E-state index contributed by atoms with van der Waals surface area (Å²) in [6, 6.07) is 9.65. The summed E-state index contributed by atoms with van der Waals surface area (Å²) in [7, 11) is 0. The summed E-state index contributed by atoms with van der Waals surface area (Å²) >= 11 is 1.62. The fourth-order valence-corrected chi connectivity index (χ4v) is 3.29. The first-order valence-electron chi connectivity index (χ1n) is 7.29. The highest BCUT2D eigenvalue weighted by molar-refractivity contribution is 7.09.